The van der Waals surface area contributed by atoms with E-state index >= 15 is 0 Å². The number of pyridine rings is 1. The van der Waals surface area contributed by atoms with Gasteiger partial charge in [0.2, 0.25) is 0 Å². The van der Waals surface area contributed by atoms with E-state index in [0.717, 1.165) is 19.4 Å². The van der Waals surface area contributed by atoms with E-state index in [9.17, 15) is 0 Å². The number of amidine groups is 1. The van der Waals surface area contributed by atoms with E-state index in [1.165, 1.54) is 0 Å². The third-order valence-electron chi connectivity index (χ3n) is 3.41. The SMILES string of the molecule is CC1(C)CCCN1c1nccc(/C(N)=N/O)c1Cl. The molecule has 0 spiro atoms. The quantitative estimate of drug-likeness (QED) is 0.373. The van der Waals surface area contributed by atoms with Crippen LogP contribution in [0.2, 0.25) is 5.02 Å². The summed E-state index contributed by atoms with van der Waals surface area (Å²) in [5.74, 6) is 0.698. The second-order valence-electron chi connectivity index (χ2n) is 5.05. The molecule has 98 valence electrons. The van der Waals surface area contributed by atoms with Gasteiger partial charge >= 0.3 is 0 Å². The lowest BCUT2D eigenvalue weighted by molar-refractivity contribution is 0.318. The molecule has 0 unspecified atom stereocenters. The number of hydrogen-bond acceptors (Lipinski definition) is 4. The van der Waals surface area contributed by atoms with E-state index in [0.29, 0.717) is 16.4 Å². The smallest absolute Gasteiger partial charge is 0.171 e. The monoisotopic (exact) mass is 268 g/mol. The number of anilines is 1. The molecule has 1 fully saturated rings. The third-order valence-corrected chi connectivity index (χ3v) is 3.78. The fourth-order valence-electron chi connectivity index (χ4n) is 2.37. The third kappa shape index (κ3) is 2.10. The first-order valence-electron chi connectivity index (χ1n) is 5.87. The lowest BCUT2D eigenvalue weighted by Gasteiger charge is -2.33. The number of halogens is 1. The molecule has 6 heteroatoms. The van der Waals surface area contributed by atoms with E-state index in [4.69, 9.17) is 22.5 Å². The van der Waals surface area contributed by atoms with Gasteiger partial charge in [0.05, 0.1) is 5.02 Å². The van der Waals surface area contributed by atoms with Gasteiger partial charge < -0.3 is 15.8 Å². The second-order valence-corrected chi connectivity index (χ2v) is 5.43. The first-order valence-corrected chi connectivity index (χ1v) is 6.25. The number of aromatic nitrogens is 1. The fourth-order valence-corrected chi connectivity index (χ4v) is 2.68. The number of rotatable bonds is 2. The van der Waals surface area contributed by atoms with Crippen LogP contribution in [0.15, 0.2) is 17.4 Å². The summed E-state index contributed by atoms with van der Waals surface area (Å²) in [6.45, 7) is 5.24. The summed E-state index contributed by atoms with van der Waals surface area (Å²) in [5.41, 5.74) is 6.13. The van der Waals surface area contributed by atoms with Gasteiger partial charge in [-0.25, -0.2) is 4.98 Å². The van der Waals surface area contributed by atoms with E-state index in [1.54, 1.807) is 12.3 Å². The molecule has 0 saturated carbocycles. The predicted molar refractivity (Wildman–Crippen MR) is 72.4 cm³/mol. The van der Waals surface area contributed by atoms with Gasteiger partial charge in [-0.1, -0.05) is 16.8 Å². The van der Waals surface area contributed by atoms with E-state index in [1.807, 2.05) is 0 Å². The highest BCUT2D eigenvalue weighted by molar-refractivity contribution is 6.36. The number of nitrogens with zero attached hydrogens (tertiary/aromatic N) is 3. The normalized spacial score (nSPS) is 19.3. The van der Waals surface area contributed by atoms with Crippen molar-refractivity contribution in [2.45, 2.75) is 32.2 Å². The van der Waals surface area contributed by atoms with Crippen LogP contribution in [0.1, 0.15) is 32.3 Å². The molecule has 1 aliphatic heterocycles. The molecule has 5 nitrogen and oxygen atoms in total. The lowest BCUT2D eigenvalue weighted by Crippen LogP contribution is -2.39. The summed E-state index contributed by atoms with van der Waals surface area (Å²) >= 11 is 6.31. The molecule has 0 amide bonds. The molecule has 0 aromatic carbocycles. The number of oxime groups is 1. The molecular formula is C12H17ClN4O. The second kappa shape index (κ2) is 4.65. The van der Waals surface area contributed by atoms with Crippen molar-refractivity contribution >= 4 is 23.3 Å². The standard InChI is InChI=1S/C12H17ClN4O/c1-12(2)5-3-7-17(12)11-9(13)8(4-6-15-11)10(14)16-18/h4,6,18H,3,5,7H2,1-2H3,(H2,14,16). The van der Waals surface area contributed by atoms with Crippen molar-refractivity contribution in [2.24, 2.45) is 10.9 Å². The molecule has 0 aliphatic carbocycles. The lowest BCUT2D eigenvalue weighted by atomic mass is 10.0. The predicted octanol–water partition coefficient (Wildman–Crippen LogP) is 2.21. The Morgan fingerprint density at radius 2 is 2.33 bits per heavy atom. The van der Waals surface area contributed by atoms with E-state index in [2.05, 4.69) is 28.9 Å². The molecule has 1 saturated heterocycles. The zero-order valence-electron chi connectivity index (χ0n) is 10.5. The highest BCUT2D eigenvalue weighted by Crippen LogP contribution is 2.37. The highest BCUT2D eigenvalue weighted by Gasteiger charge is 2.34. The van der Waals surface area contributed by atoms with Gasteiger partial charge in [-0.05, 0) is 32.8 Å². The van der Waals surface area contributed by atoms with Gasteiger partial charge in [-0.2, -0.15) is 0 Å². The summed E-state index contributed by atoms with van der Waals surface area (Å²) in [6.07, 6.45) is 3.83. The van der Waals surface area contributed by atoms with Crippen LogP contribution < -0.4 is 10.6 Å². The highest BCUT2D eigenvalue weighted by atomic mass is 35.5. The van der Waals surface area contributed by atoms with Crippen molar-refractivity contribution in [2.75, 3.05) is 11.4 Å². The Morgan fingerprint density at radius 1 is 1.61 bits per heavy atom. The molecule has 2 rings (SSSR count). The minimum absolute atomic E-state index is 0.000605. The Hall–Kier alpha value is -1.49. The number of nitrogens with two attached hydrogens (primary N) is 1. The molecule has 1 aromatic rings. The maximum Gasteiger partial charge on any atom is 0.171 e. The van der Waals surface area contributed by atoms with Gasteiger partial charge in [0.1, 0.15) is 5.82 Å². The Balaban J connectivity index is 2.47. The van der Waals surface area contributed by atoms with Crippen molar-refractivity contribution in [3.05, 3.63) is 22.8 Å². The molecule has 18 heavy (non-hydrogen) atoms. The van der Waals surface area contributed by atoms with Crippen LogP contribution in [0, 0.1) is 0 Å². The molecule has 3 N–H and O–H groups in total. The van der Waals surface area contributed by atoms with Crippen molar-refractivity contribution in [3.63, 3.8) is 0 Å². The summed E-state index contributed by atoms with van der Waals surface area (Å²) < 4.78 is 0. The Morgan fingerprint density at radius 3 is 2.89 bits per heavy atom. The summed E-state index contributed by atoms with van der Waals surface area (Å²) in [5, 5.41) is 12.2. The maximum atomic E-state index is 8.74. The average Bonchev–Trinajstić information content (AvgIpc) is 2.68. The van der Waals surface area contributed by atoms with Crippen molar-refractivity contribution in [1.29, 1.82) is 0 Å². The zero-order valence-corrected chi connectivity index (χ0v) is 11.3. The van der Waals surface area contributed by atoms with Crippen molar-refractivity contribution in [3.8, 4) is 0 Å². The van der Waals surface area contributed by atoms with E-state index < -0.39 is 0 Å². The van der Waals surface area contributed by atoms with Crippen LogP contribution in [0.25, 0.3) is 0 Å². The summed E-state index contributed by atoms with van der Waals surface area (Å²) in [7, 11) is 0. The van der Waals surface area contributed by atoms with Crippen LogP contribution >= 0.6 is 11.6 Å². The zero-order chi connectivity index (χ0) is 13.3. The van der Waals surface area contributed by atoms with Gasteiger partial charge in [0.15, 0.2) is 5.84 Å². The van der Waals surface area contributed by atoms with Crippen LogP contribution in [0.4, 0.5) is 5.82 Å². The Labute approximate surface area is 111 Å². The van der Waals surface area contributed by atoms with Gasteiger partial charge in [0.25, 0.3) is 0 Å². The maximum absolute atomic E-state index is 8.74. The summed E-state index contributed by atoms with van der Waals surface area (Å²) in [4.78, 5) is 6.51. The Bertz CT molecular complexity index is 487. The summed E-state index contributed by atoms with van der Waals surface area (Å²) in [6, 6.07) is 1.64. The van der Waals surface area contributed by atoms with Gasteiger partial charge in [-0.3, -0.25) is 0 Å². The minimum atomic E-state index is 0.000605. The number of hydrogen-bond donors (Lipinski definition) is 2. The molecular weight excluding hydrogens is 252 g/mol. The van der Waals surface area contributed by atoms with Crippen LogP contribution in [-0.4, -0.2) is 28.1 Å². The minimum Gasteiger partial charge on any atom is -0.409 e. The fraction of sp³-hybridized carbons (Fsp3) is 0.500. The van der Waals surface area contributed by atoms with Crippen LogP contribution in [0.5, 0.6) is 0 Å². The van der Waals surface area contributed by atoms with Gasteiger partial charge in [-0.15, -0.1) is 0 Å². The topological polar surface area (TPSA) is 74.7 Å². The molecule has 2 heterocycles. The van der Waals surface area contributed by atoms with E-state index in [-0.39, 0.29) is 11.4 Å². The van der Waals surface area contributed by atoms with Gasteiger partial charge in [0, 0.05) is 23.8 Å². The van der Waals surface area contributed by atoms with Crippen molar-refractivity contribution < 1.29 is 5.21 Å². The molecule has 0 atom stereocenters. The molecule has 0 radical (unpaired) electrons. The van der Waals surface area contributed by atoms with Crippen LogP contribution in [-0.2, 0) is 0 Å². The molecule has 1 aliphatic rings. The largest absolute Gasteiger partial charge is 0.409 e. The first-order chi connectivity index (χ1) is 8.47. The van der Waals surface area contributed by atoms with Crippen molar-refractivity contribution in [1.82, 2.24) is 4.98 Å². The molecule has 1 aromatic heterocycles. The molecule has 0 bridgehead atoms. The van der Waals surface area contributed by atoms with Crippen LogP contribution in [0.3, 0.4) is 0 Å². The average molecular weight is 269 g/mol. The Kier molecular flexibility index (Phi) is 3.34. The first kappa shape index (κ1) is 13.0.